The fraction of sp³-hybridized carbons (Fsp3) is 0.500. The van der Waals surface area contributed by atoms with Crippen LogP contribution in [0.4, 0.5) is 0 Å². The molecule has 0 aromatic heterocycles. The summed E-state index contributed by atoms with van der Waals surface area (Å²) in [7, 11) is 0. The highest BCUT2D eigenvalue weighted by atomic mass is 16.5. The molecular formula is C16H24O4. The Labute approximate surface area is 120 Å². The van der Waals surface area contributed by atoms with Gasteiger partial charge in [-0.3, -0.25) is 4.79 Å². The Morgan fingerprint density at radius 1 is 1.05 bits per heavy atom. The van der Waals surface area contributed by atoms with Gasteiger partial charge in [-0.2, -0.15) is 0 Å². The van der Waals surface area contributed by atoms with Crippen LogP contribution in [0.15, 0.2) is 30.3 Å². The summed E-state index contributed by atoms with van der Waals surface area (Å²) < 4.78 is 4.95. The maximum atomic E-state index is 10.8. The summed E-state index contributed by atoms with van der Waals surface area (Å²) in [4.78, 5) is 21.0. The van der Waals surface area contributed by atoms with Crippen molar-refractivity contribution in [2.24, 2.45) is 0 Å². The second-order valence-corrected chi connectivity index (χ2v) is 4.35. The first-order chi connectivity index (χ1) is 9.61. The molecule has 0 unspecified atom stereocenters. The smallest absolute Gasteiger partial charge is 0.335 e. The van der Waals surface area contributed by atoms with Gasteiger partial charge in [-0.15, -0.1) is 0 Å². The van der Waals surface area contributed by atoms with Crippen LogP contribution < -0.4 is 0 Å². The molecule has 0 saturated carbocycles. The van der Waals surface area contributed by atoms with Crippen LogP contribution in [-0.2, 0) is 9.53 Å². The van der Waals surface area contributed by atoms with Crippen molar-refractivity contribution in [2.75, 3.05) is 6.61 Å². The van der Waals surface area contributed by atoms with Crippen LogP contribution in [0, 0.1) is 0 Å². The van der Waals surface area contributed by atoms with E-state index in [2.05, 4.69) is 6.92 Å². The molecule has 0 bridgehead atoms. The first kappa shape index (κ1) is 18.2. The standard InChI is InChI=1S/C9H18O2.C7H6O2/c1-3-5-6-8-11-9(10)7-4-2;8-7(9)6-4-2-1-3-5-6/h3-8H2,1-2H3;1-5H,(H,8,9). The number of hydrogen-bond donors (Lipinski definition) is 1. The molecule has 0 aliphatic rings. The van der Waals surface area contributed by atoms with Gasteiger partial charge >= 0.3 is 11.9 Å². The lowest BCUT2D eigenvalue weighted by Crippen LogP contribution is -2.04. The molecule has 1 N–H and O–H groups in total. The molecule has 1 aromatic rings. The zero-order valence-corrected chi connectivity index (χ0v) is 12.3. The highest BCUT2D eigenvalue weighted by Gasteiger charge is 1.98. The molecule has 0 spiro atoms. The first-order valence-corrected chi connectivity index (χ1v) is 7.05. The zero-order chi connectivity index (χ0) is 15.2. The SMILES string of the molecule is CCCCCOC(=O)CCC.O=C(O)c1ccccc1. The number of carboxylic acid groups (broad SMARTS) is 1. The van der Waals surface area contributed by atoms with E-state index in [0.29, 0.717) is 18.6 Å². The lowest BCUT2D eigenvalue weighted by molar-refractivity contribution is -0.143. The maximum absolute atomic E-state index is 10.8. The van der Waals surface area contributed by atoms with E-state index in [4.69, 9.17) is 9.84 Å². The summed E-state index contributed by atoms with van der Waals surface area (Å²) in [6, 6.07) is 8.30. The van der Waals surface area contributed by atoms with Gasteiger partial charge in [0.15, 0.2) is 0 Å². The van der Waals surface area contributed by atoms with Crippen molar-refractivity contribution in [2.45, 2.75) is 46.0 Å². The van der Waals surface area contributed by atoms with Crippen molar-refractivity contribution >= 4 is 11.9 Å². The Bertz CT molecular complexity index is 373. The quantitative estimate of drug-likeness (QED) is 0.607. The van der Waals surface area contributed by atoms with Crippen LogP contribution in [0.5, 0.6) is 0 Å². The Balaban J connectivity index is 0.000000367. The average molecular weight is 280 g/mol. The number of carbonyl (C=O) groups is 2. The molecule has 4 nitrogen and oxygen atoms in total. The third kappa shape index (κ3) is 10.1. The second-order valence-electron chi connectivity index (χ2n) is 4.35. The molecule has 0 heterocycles. The van der Waals surface area contributed by atoms with E-state index >= 15 is 0 Å². The van der Waals surface area contributed by atoms with Crippen LogP contribution in [0.25, 0.3) is 0 Å². The van der Waals surface area contributed by atoms with Crippen molar-refractivity contribution < 1.29 is 19.4 Å². The van der Waals surface area contributed by atoms with Gasteiger partial charge in [0, 0.05) is 6.42 Å². The summed E-state index contributed by atoms with van der Waals surface area (Å²) in [5.74, 6) is -0.931. The summed E-state index contributed by atoms with van der Waals surface area (Å²) in [6.45, 7) is 4.72. The molecular weight excluding hydrogens is 256 g/mol. The Hall–Kier alpha value is -1.84. The van der Waals surface area contributed by atoms with E-state index in [1.165, 1.54) is 6.42 Å². The third-order valence-electron chi connectivity index (χ3n) is 2.49. The molecule has 0 aliphatic carbocycles. The molecule has 0 amide bonds. The zero-order valence-electron chi connectivity index (χ0n) is 12.3. The molecule has 0 atom stereocenters. The molecule has 0 fully saturated rings. The number of aromatic carboxylic acids is 1. The van der Waals surface area contributed by atoms with Crippen LogP contribution in [0.2, 0.25) is 0 Å². The topological polar surface area (TPSA) is 63.6 Å². The number of hydrogen-bond acceptors (Lipinski definition) is 3. The number of rotatable bonds is 7. The largest absolute Gasteiger partial charge is 0.478 e. The minimum atomic E-state index is -0.879. The molecule has 112 valence electrons. The van der Waals surface area contributed by atoms with Crippen molar-refractivity contribution in [3.8, 4) is 0 Å². The minimum Gasteiger partial charge on any atom is -0.478 e. The van der Waals surface area contributed by atoms with Crippen molar-refractivity contribution in [3.05, 3.63) is 35.9 Å². The molecule has 0 saturated heterocycles. The first-order valence-electron chi connectivity index (χ1n) is 7.05. The second kappa shape index (κ2) is 12.2. The molecule has 0 radical (unpaired) electrons. The predicted octanol–water partition coefficient (Wildman–Crippen LogP) is 3.90. The van der Waals surface area contributed by atoms with Crippen LogP contribution >= 0.6 is 0 Å². The molecule has 20 heavy (non-hydrogen) atoms. The van der Waals surface area contributed by atoms with Crippen LogP contribution in [0.3, 0.4) is 0 Å². The van der Waals surface area contributed by atoms with Crippen molar-refractivity contribution in [3.63, 3.8) is 0 Å². The van der Waals surface area contributed by atoms with Gasteiger partial charge < -0.3 is 9.84 Å². The molecule has 1 aromatic carbocycles. The maximum Gasteiger partial charge on any atom is 0.335 e. The summed E-state index contributed by atoms with van der Waals surface area (Å²) in [6.07, 6.45) is 4.77. The lowest BCUT2D eigenvalue weighted by Gasteiger charge is -2.01. The van der Waals surface area contributed by atoms with Gasteiger partial charge in [0.25, 0.3) is 0 Å². The molecule has 1 rings (SSSR count). The number of esters is 1. The number of benzene rings is 1. The lowest BCUT2D eigenvalue weighted by atomic mass is 10.2. The van der Waals surface area contributed by atoms with E-state index in [9.17, 15) is 9.59 Å². The van der Waals surface area contributed by atoms with Gasteiger partial charge in [0.2, 0.25) is 0 Å². The predicted molar refractivity (Wildman–Crippen MR) is 78.8 cm³/mol. The fourth-order valence-electron chi connectivity index (χ4n) is 1.40. The third-order valence-corrected chi connectivity index (χ3v) is 2.49. The van der Waals surface area contributed by atoms with E-state index in [1.807, 2.05) is 6.92 Å². The van der Waals surface area contributed by atoms with Gasteiger partial charge in [-0.25, -0.2) is 4.79 Å². The number of carboxylic acids is 1. The van der Waals surface area contributed by atoms with E-state index < -0.39 is 5.97 Å². The Kier molecular flexibility index (Phi) is 11.1. The van der Waals surface area contributed by atoms with Crippen molar-refractivity contribution in [1.82, 2.24) is 0 Å². The van der Waals surface area contributed by atoms with E-state index in [1.54, 1.807) is 30.3 Å². The number of carbonyl (C=O) groups excluding carboxylic acids is 1. The van der Waals surface area contributed by atoms with Crippen molar-refractivity contribution in [1.29, 1.82) is 0 Å². The number of ether oxygens (including phenoxy) is 1. The monoisotopic (exact) mass is 280 g/mol. The van der Waals surface area contributed by atoms with Crippen LogP contribution in [-0.4, -0.2) is 23.7 Å². The summed E-state index contributed by atoms with van der Waals surface area (Å²) >= 11 is 0. The normalized spacial score (nSPS) is 9.30. The summed E-state index contributed by atoms with van der Waals surface area (Å²) in [5.41, 5.74) is 0.331. The number of unbranched alkanes of at least 4 members (excludes halogenated alkanes) is 2. The average Bonchev–Trinajstić information content (AvgIpc) is 2.45. The van der Waals surface area contributed by atoms with Crippen LogP contribution in [0.1, 0.15) is 56.3 Å². The van der Waals surface area contributed by atoms with Gasteiger partial charge in [-0.05, 0) is 25.0 Å². The van der Waals surface area contributed by atoms with Gasteiger partial charge in [0.05, 0.1) is 12.2 Å². The molecule has 4 heteroatoms. The minimum absolute atomic E-state index is 0.0522. The highest BCUT2D eigenvalue weighted by Crippen LogP contribution is 1.97. The Morgan fingerprint density at radius 3 is 2.15 bits per heavy atom. The van der Waals surface area contributed by atoms with E-state index in [-0.39, 0.29) is 5.97 Å². The molecule has 0 aliphatic heterocycles. The Morgan fingerprint density at radius 2 is 1.70 bits per heavy atom. The highest BCUT2D eigenvalue weighted by molar-refractivity contribution is 5.87. The fourth-order valence-corrected chi connectivity index (χ4v) is 1.40. The van der Waals surface area contributed by atoms with E-state index in [0.717, 1.165) is 19.3 Å². The van der Waals surface area contributed by atoms with Gasteiger partial charge in [-0.1, -0.05) is 44.9 Å². The van der Waals surface area contributed by atoms with Gasteiger partial charge in [0.1, 0.15) is 0 Å². The summed E-state index contributed by atoms with van der Waals surface area (Å²) in [5, 5.41) is 8.38.